The summed E-state index contributed by atoms with van der Waals surface area (Å²) in [6, 6.07) is 13.4. The highest BCUT2D eigenvalue weighted by molar-refractivity contribution is 5.76. The van der Waals surface area contributed by atoms with Crippen molar-refractivity contribution in [1.29, 1.82) is 0 Å². The highest BCUT2D eigenvalue weighted by Crippen LogP contribution is 2.17. The Kier molecular flexibility index (Phi) is 13.6. The zero-order valence-electron chi connectivity index (χ0n) is 26.4. The minimum absolute atomic E-state index is 0.0107. The molecule has 0 radical (unpaired) electrons. The molecule has 0 aliphatic rings. The van der Waals surface area contributed by atoms with Gasteiger partial charge < -0.3 is 45.9 Å². The number of nitrogens with two attached hydrogens (primary N) is 8. The third-order valence-electron chi connectivity index (χ3n) is 6.62. The summed E-state index contributed by atoms with van der Waals surface area (Å²) in [5.74, 6) is 9.94. The molecule has 12 nitrogen and oxygen atoms in total. The van der Waals surface area contributed by atoms with E-state index in [0.29, 0.717) is 63.0 Å². The maximum Gasteiger partial charge on any atom is 0.185 e. The van der Waals surface area contributed by atoms with E-state index in [2.05, 4.69) is 43.7 Å². The lowest BCUT2D eigenvalue weighted by Crippen LogP contribution is -2.23. The van der Waals surface area contributed by atoms with Gasteiger partial charge >= 0.3 is 0 Å². The van der Waals surface area contributed by atoms with Crippen LogP contribution >= 0.6 is 0 Å². The van der Waals surface area contributed by atoms with Crippen molar-refractivity contribution in [2.45, 2.75) is 25.7 Å². The molecule has 3 aromatic rings. The van der Waals surface area contributed by atoms with Gasteiger partial charge in [-0.25, -0.2) is 8.78 Å². The topological polar surface area (TPSA) is 258 Å². The average Bonchev–Trinajstić information content (AvgIpc) is 2.99. The summed E-state index contributed by atoms with van der Waals surface area (Å²) in [6.45, 7) is 1.49. The largest absolute Gasteiger partial charge is 0.370 e. The van der Waals surface area contributed by atoms with Gasteiger partial charge in [-0.1, -0.05) is 35.8 Å². The first-order valence-electron chi connectivity index (χ1n) is 14.9. The van der Waals surface area contributed by atoms with Gasteiger partial charge in [0.05, 0.1) is 11.1 Å². The van der Waals surface area contributed by atoms with Crippen LogP contribution in [0, 0.1) is 35.3 Å². The molecule has 0 aromatic heterocycles. The van der Waals surface area contributed by atoms with Crippen LogP contribution in [0.15, 0.2) is 68.5 Å². The molecule has 3 rings (SSSR count). The van der Waals surface area contributed by atoms with Crippen LogP contribution in [0.1, 0.15) is 44.5 Å². The van der Waals surface area contributed by atoms with E-state index in [1.807, 2.05) is 36.4 Å². The number of rotatable bonds is 12. The highest BCUT2D eigenvalue weighted by atomic mass is 19.1. The van der Waals surface area contributed by atoms with Gasteiger partial charge in [0.25, 0.3) is 0 Å². The molecular formula is C34H40F2N12. The Hall–Kier alpha value is -6.28. The molecule has 0 amide bonds. The Morgan fingerprint density at radius 1 is 0.417 bits per heavy atom. The minimum atomic E-state index is -0.814. The molecule has 0 aliphatic carbocycles. The second-order valence-electron chi connectivity index (χ2n) is 10.6. The monoisotopic (exact) mass is 654 g/mol. The molecule has 0 saturated carbocycles. The van der Waals surface area contributed by atoms with Crippen LogP contribution in [0.3, 0.4) is 0 Å². The number of benzene rings is 3. The molecule has 0 unspecified atom stereocenters. The Morgan fingerprint density at radius 2 is 0.708 bits per heavy atom. The Balaban J connectivity index is 1.95. The zero-order valence-corrected chi connectivity index (χ0v) is 26.4. The molecule has 0 bridgehead atoms. The second-order valence-corrected chi connectivity index (χ2v) is 10.6. The number of aliphatic imine (C=N–C) groups is 4. The first-order valence-corrected chi connectivity index (χ1v) is 14.9. The predicted molar refractivity (Wildman–Crippen MR) is 189 cm³/mol. The van der Waals surface area contributed by atoms with Crippen LogP contribution in [0.4, 0.5) is 8.78 Å². The zero-order chi connectivity index (χ0) is 35.1. The van der Waals surface area contributed by atoms with Crippen molar-refractivity contribution >= 4 is 23.8 Å². The van der Waals surface area contributed by atoms with E-state index >= 15 is 0 Å². The van der Waals surface area contributed by atoms with Gasteiger partial charge in [0.1, 0.15) is 11.6 Å². The van der Waals surface area contributed by atoms with Gasteiger partial charge in [-0.2, -0.15) is 0 Å². The molecule has 0 atom stereocenters. The molecule has 16 N–H and O–H groups in total. The molecule has 0 aliphatic heterocycles. The van der Waals surface area contributed by atoms with Crippen molar-refractivity contribution in [3.63, 3.8) is 0 Å². The lowest BCUT2D eigenvalue weighted by Gasteiger charge is -2.06. The summed E-state index contributed by atoms with van der Waals surface area (Å²) < 4.78 is 29.7. The Morgan fingerprint density at radius 3 is 0.979 bits per heavy atom. The van der Waals surface area contributed by atoms with Gasteiger partial charge in [-0.15, -0.1) is 0 Å². The summed E-state index contributed by atoms with van der Waals surface area (Å²) in [5.41, 5.74) is 48.5. The van der Waals surface area contributed by atoms with Crippen molar-refractivity contribution < 1.29 is 8.78 Å². The third-order valence-corrected chi connectivity index (χ3v) is 6.62. The second kappa shape index (κ2) is 18.0. The number of nitrogens with zero attached hydrogens (tertiary/aromatic N) is 4. The molecule has 0 fully saturated rings. The smallest absolute Gasteiger partial charge is 0.185 e. The summed E-state index contributed by atoms with van der Waals surface area (Å²) in [7, 11) is 0. The van der Waals surface area contributed by atoms with Crippen molar-refractivity contribution in [1.82, 2.24) is 0 Å². The fourth-order valence-corrected chi connectivity index (χ4v) is 4.52. The van der Waals surface area contributed by atoms with Crippen molar-refractivity contribution in [3.05, 3.63) is 105 Å². The van der Waals surface area contributed by atoms with E-state index in [1.165, 1.54) is 6.07 Å². The van der Waals surface area contributed by atoms with Crippen molar-refractivity contribution in [2.24, 2.45) is 65.8 Å². The molecule has 250 valence electrons. The lowest BCUT2D eigenvalue weighted by molar-refractivity contribution is 0.579. The number of halogens is 2. The van der Waals surface area contributed by atoms with Gasteiger partial charge in [0.2, 0.25) is 0 Å². The normalized spacial score (nSPS) is 10.0. The number of guanidine groups is 4. The summed E-state index contributed by atoms with van der Waals surface area (Å²) in [4.78, 5) is 16.1. The van der Waals surface area contributed by atoms with E-state index in [4.69, 9.17) is 45.9 Å². The first-order chi connectivity index (χ1) is 22.9. The van der Waals surface area contributed by atoms with E-state index in [9.17, 15) is 8.78 Å². The van der Waals surface area contributed by atoms with Gasteiger partial charge in [-0.05, 0) is 78.3 Å². The predicted octanol–water partition coefficient (Wildman–Crippen LogP) is 0.0280. The molecule has 14 heteroatoms. The van der Waals surface area contributed by atoms with Gasteiger partial charge in [-0.3, -0.25) is 20.0 Å². The number of hydrogen-bond acceptors (Lipinski definition) is 4. The Labute approximate surface area is 278 Å². The van der Waals surface area contributed by atoms with Crippen LogP contribution in [0.5, 0.6) is 0 Å². The van der Waals surface area contributed by atoms with Crippen LogP contribution in [0.25, 0.3) is 0 Å². The SMILES string of the molecule is NC(N)=NCCc1cc(C#Cc2cc(C#Cc3cc(CCN=C(N)N)cc(CCN=C(N)N)c3)c(F)cc2F)cc(CCN=C(N)N)c1. The van der Waals surface area contributed by atoms with Crippen LogP contribution in [0.2, 0.25) is 0 Å². The van der Waals surface area contributed by atoms with Crippen LogP contribution < -0.4 is 45.9 Å². The van der Waals surface area contributed by atoms with E-state index in [0.717, 1.165) is 28.3 Å². The molecule has 0 heterocycles. The summed E-state index contributed by atoms with van der Waals surface area (Å²) in [5, 5.41) is 0. The third kappa shape index (κ3) is 13.0. The highest BCUT2D eigenvalue weighted by Gasteiger charge is 2.08. The average molecular weight is 655 g/mol. The van der Waals surface area contributed by atoms with Crippen LogP contribution in [-0.2, 0) is 25.7 Å². The number of hydrogen-bond donors (Lipinski definition) is 8. The van der Waals surface area contributed by atoms with Crippen LogP contribution in [-0.4, -0.2) is 50.0 Å². The van der Waals surface area contributed by atoms with Gasteiger partial charge in [0, 0.05) is 43.4 Å². The van der Waals surface area contributed by atoms with E-state index < -0.39 is 11.6 Å². The quantitative estimate of drug-likeness (QED) is 0.0749. The van der Waals surface area contributed by atoms with E-state index in [1.54, 1.807) is 0 Å². The lowest BCUT2D eigenvalue weighted by atomic mass is 10.0. The molecule has 0 spiro atoms. The fraction of sp³-hybridized carbons (Fsp3) is 0.235. The minimum Gasteiger partial charge on any atom is -0.370 e. The van der Waals surface area contributed by atoms with E-state index in [-0.39, 0.29) is 35.0 Å². The fourth-order valence-electron chi connectivity index (χ4n) is 4.52. The van der Waals surface area contributed by atoms with Crippen molar-refractivity contribution in [2.75, 3.05) is 26.2 Å². The maximum atomic E-state index is 14.9. The van der Waals surface area contributed by atoms with Gasteiger partial charge in [0.15, 0.2) is 23.8 Å². The summed E-state index contributed by atoms with van der Waals surface area (Å²) >= 11 is 0. The molecule has 0 saturated heterocycles. The first kappa shape index (κ1) is 36.2. The molecule has 3 aromatic carbocycles. The van der Waals surface area contributed by atoms with Crippen molar-refractivity contribution in [3.8, 4) is 23.7 Å². The standard InChI is InChI=1S/C34H40F2N12/c35-29-20-30(36)28(4-2-22-15-25(7-11-47-33(41)42)18-26(16-22)8-12-48-34(43)44)19-27(29)3-1-21-13-23(5-9-45-31(37)38)17-24(14-21)6-10-46-32(39)40/h13-20H,5-12H2,(H4,37,38,45)(H4,39,40,46)(H4,41,42,47)(H4,43,44,48). The summed E-state index contributed by atoms with van der Waals surface area (Å²) in [6.07, 6.45) is 2.16. The molecule has 48 heavy (non-hydrogen) atoms. The molecular weight excluding hydrogens is 614 g/mol. The Bertz CT molecular complexity index is 1630. The maximum absolute atomic E-state index is 14.9.